The largest absolute Gasteiger partial charge is 0.481 e. The predicted molar refractivity (Wildman–Crippen MR) is 74.5 cm³/mol. The molecule has 0 aliphatic heterocycles. The van der Waals surface area contributed by atoms with E-state index in [1.54, 1.807) is 13.8 Å². The molecular weight excluding hydrogens is 325 g/mol. The standard InChI is InChI=1S/C14H14Cl2F2O3/c1-13(2)9(5-10(15)16)14(13,12(19)20)6-7-3-4-8(21-7)11(17)18/h3-5,9,11H,6H2,1-2H3,(H,19,20)/t9-,14+/m1/s1. The van der Waals surface area contributed by atoms with Crippen molar-refractivity contribution in [3.63, 3.8) is 0 Å². The minimum atomic E-state index is -2.72. The quantitative estimate of drug-likeness (QED) is 0.838. The number of hydrogen-bond acceptors (Lipinski definition) is 2. The summed E-state index contributed by atoms with van der Waals surface area (Å²) in [4.78, 5) is 11.7. The van der Waals surface area contributed by atoms with Crippen molar-refractivity contribution < 1.29 is 23.1 Å². The lowest BCUT2D eigenvalue weighted by molar-refractivity contribution is -0.145. The number of carbonyl (C=O) groups is 1. The monoisotopic (exact) mass is 338 g/mol. The number of aliphatic carboxylic acids is 1. The molecule has 1 heterocycles. The van der Waals surface area contributed by atoms with E-state index in [1.165, 1.54) is 12.1 Å². The second-order valence-electron chi connectivity index (χ2n) is 5.71. The first-order valence-electron chi connectivity index (χ1n) is 6.26. The lowest BCUT2D eigenvalue weighted by atomic mass is 9.91. The van der Waals surface area contributed by atoms with Crippen molar-refractivity contribution in [2.75, 3.05) is 0 Å². The van der Waals surface area contributed by atoms with E-state index >= 15 is 0 Å². The van der Waals surface area contributed by atoms with Gasteiger partial charge in [-0.1, -0.05) is 37.0 Å². The Hall–Kier alpha value is -1.07. The van der Waals surface area contributed by atoms with Crippen LogP contribution in [0.2, 0.25) is 0 Å². The van der Waals surface area contributed by atoms with Crippen molar-refractivity contribution in [3.8, 4) is 0 Å². The Bertz CT molecular complexity index is 591. The van der Waals surface area contributed by atoms with Crippen LogP contribution >= 0.6 is 23.2 Å². The molecule has 0 radical (unpaired) electrons. The fourth-order valence-corrected chi connectivity index (χ4v) is 3.33. The fraction of sp³-hybridized carbons (Fsp3) is 0.500. The molecule has 1 aromatic heterocycles. The molecule has 0 amide bonds. The molecule has 0 aromatic carbocycles. The van der Waals surface area contributed by atoms with E-state index in [-0.39, 0.29) is 16.7 Å². The number of furan rings is 1. The maximum atomic E-state index is 12.5. The van der Waals surface area contributed by atoms with E-state index in [4.69, 9.17) is 27.6 Å². The van der Waals surface area contributed by atoms with Crippen molar-refractivity contribution >= 4 is 29.2 Å². The number of alkyl halides is 2. The number of halogens is 4. The highest BCUT2D eigenvalue weighted by molar-refractivity contribution is 6.55. The molecular formula is C14H14Cl2F2O3. The average molecular weight is 339 g/mol. The van der Waals surface area contributed by atoms with Crippen LogP contribution in [0.25, 0.3) is 0 Å². The van der Waals surface area contributed by atoms with Gasteiger partial charge in [0, 0.05) is 12.3 Å². The van der Waals surface area contributed by atoms with E-state index < -0.39 is 34.9 Å². The smallest absolute Gasteiger partial charge is 0.311 e. The minimum absolute atomic E-state index is 0.00424. The number of carboxylic acids is 1. The molecule has 21 heavy (non-hydrogen) atoms. The Morgan fingerprint density at radius 2 is 2.10 bits per heavy atom. The van der Waals surface area contributed by atoms with Gasteiger partial charge in [0.15, 0.2) is 5.76 Å². The van der Waals surface area contributed by atoms with E-state index in [2.05, 4.69) is 0 Å². The average Bonchev–Trinajstić information content (AvgIpc) is 2.72. The maximum absolute atomic E-state index is 12.5. The van der Waals surface area contributed by atoms with E-state index in [0.29, 0.717) is 0 Å². The maximum Gasteiger partial charge on any atom is 0.311 e. The Kier molecular flexibility index (Phi) is 4.10. The van der Waals surface area contributed by atoms with E-state index in [9.17, 15) is 18.7 Å². The Balaban J connectivity index is 2.32. The molecule has 1 aromatic rings. The molecule has 7 heteroatoms. The van der Waals surface area contributed by atoms with E-state index in [1.807, 2.05) is 0 Å². The van der Waals surface area contributed by atoms with Crippen LogP contribution in [0.5, 0.6) is 0 Å². The topological polar surface area (TPSA) is 50.4 Å². The zero-order valence-corrected chi connectivity index (χ0v) is 12.9. The van der Waals surface area contributed by atoms with Gasteiger partial charge in [0.25, 0.3) is 6.43 Å². The van der Waals surface area contributed by atoms with Gasteiger partial charge in [0.1, 0.15) is 10.3 Å². The van der Waals surface area contributed by atoms with Crippen LogP contribution in [0, 0.1) is 16.7 Å². The summed E-state index contributed by atoms with van der Waals surface area (Å²) in [7, 11) is 0. The van der Waals surface area contributed by atoms with Gasteiger partial charge in [0.2, 0.25) is 0 Å². The summed E-state index contributed by atoms with van der Waals surface area (Å²) in [6.45, 7) is 3.55. The molecule has 0 saturated heterocycles. The number of carboxylic acid groups (broad SMARTS) is 1. The zero-order chi connectivity index (χ0) is 16.0. The van der Waals surface area contributed by atoms with Crippen LogP contribution in [-0.4, -0.2) is 11.1 Å². The van der Waals surface area contributed by atoms with Gasteiger partial charge in [-0.15, -0.1) is 0 Å². The van der Waals surface area contributed by atoms with Crippen molar-refractivity contribution in [1.29, 1.82) is 0 Å². The Labute approximate surface area is 130 Å². The highest BCUT2D eigenvalue weighted by Gasteiger charge is 2.75. The second kappa shape index (κ2) is 5.29. The molecule has 1 fully saturated rings. The molecule has 1 aliphatic rings. The van der Waals surface area contributed by atoms with E-state index in [0.717, 1.165) is 6.07 Å². The summed E-state index contributed by atoms with van der Waals surface area (Å²) >= 11 is 11.3. The summed E-state index contributed by atoms with van der Waals surface area (Å²) in [6, 6.07) is 2.54. The number of hydrogen-bond donors (Lipinski definition) is 1. The number of rotatable bonds is 5. The van der Waals surface area contributed by atoms with Crippen molar-refractivity contribution in [2.24, 2.45) is 16.7 Å². The summed E-state index contributed by atoms with van der Waals surface area (Å²) in [5, 5.41) is 9.59. The molecule has 1 N–H and O–H groups in total. The molecule has 1 aliphatic carbocycles. The lowest BCUT2D eigenvalue weighted by Gasteiger charge is -2.13. The molecule has 0 bridgehead atoms. The fourth-order valence-electron chi connectivity index (χ4n) is 3.08. The van der Waals surface area contributed by atoms with Crippen molar-refractivity contribution in [1.82, 2.24) is 0 Å². The Morgan fingerprint density at radius 1 is 1.48 bits per heavy atom. The van der Waals surface area contributed by atoms with Crippen LogP contribution in [0.15, 0.2) is 27.1 Å². The summed E-state index contributed by atoms with van der Waals surface area (Å²) in [5.41, 5.74) is -1.77. The molecule has 0 spiro atoms. The molecule has 0 unspecified atom stereocenters. The third kappa shape index (κ3) is 2.57. The van der Waals surface area contributed by atoms with Crippen molar-refractivity contribution in [3.05, 3.63) is 34.2 Å². The van der Waals surface area contributed by atoms with Gasteiger partial charge in [-0.2, -0.15) is 0 Å². The van der Waals surface area contributed by atoms with Gasteiger partial charge in [-0.05, 0) is 23.6 Å². The van der Waals surface area contributed by atoms with Crippen molar-refractivity contribution in [2.45, 2.75) is 26.7 Å². The van der Waals surface area contributed by atoms with Gasteiger partial charge < -0.3 is 9.52 Å². The van der Waals surface area contributed by atoms with Crippen LogP contribution in [0.4, 0.5) is 8.78 Å². The molecule has 116 valence electrons. The minimum Gasteiger partial charge on any atom is -0.481 e. The van der Waals surface area contributed by atoms with Crippen LogP contribution in [0.3, 0.4) is 0 Å². The van der Waals surface area contributed by atoms with Gasteiger partial charge in [-0.3, -0.25) is 4.79 Å². The van der Waals surface area contributed by atoms with Gasteiger partial charge >= 0.3 is 5.97 Å². The van der Waals surface area contributed by atoms with Crippen LogP contribution in [0.1, 0.15) is 31.8 Å². The molecule has 1 saturated carbocycles. The van der Waals surface area contributed by atoms with Gasteiger partial charge in [0.05, 0.1) is 5.41 Å². The van der Waals surface area contributed by atoms with Gasteiger partial charge in [-0.25, -0.2) is 8.78 Å². The summed E-state index contributed by atoms with van der Waals surface area (Å²) in [5.74, 6) is -1.68. The highest BCUT2D eigenvalue weighted by atomic mass is 35.5. The lowest BCUT2D eigenvalue weighted by Crippen LogP contribution is -2.24. The molecule has 2 rings (SSSR count). The van der Waals surface area contributed by atoms with Crippen LogP contribution in [-0.2, 0) is 11.2 Å². The SMILES string of the molecule is CC1(C)[C@@H](C=C(Cl)Cl)[C@@]1(Cc1ccc(C(F)F)o1)C(=O)O. The number of allylic oxidation sites excluding steroid dienone is 1. The first-order valence-corrected chi connectivity index (χ1v) is 7.01. The third-order valence-electron chi connectivity index (χ3n) is 4.40. The molecule has 2 atom stereocenters. The highest BCUT2D eigenvalue weighted by Crippen LogP contribution is 2.71. The predicted octanol–water partition coefficient (Wildman–Crippen LogP) is 4.81. The molecule has 3 nitrogen and oxygen atoms in total. The summed E-state index contributed by atoms with van der Waals surface area (Å²) < 4.78 is 30.1. The van der Waals surface area contributed by atoms with Crippen LogP contribution < -0.4 is 0 Å². The second-order valence-corrected chi connectivity index (χ2v) is 6.72. The normalized spacial score (nSPS) is 26.7. The first kappa shape index (κ1) is 16.3. The first-order chi connectivity index (χ1) is 9.62. The zero-order valence-electron chi connectivity index (χ0n) is 11.4. The Morgan fingerprint density at radius 3 is 2.52 bits per heavy atom. The summed E-state index contributed by atoms with van der Waals surface area (Å²) in [6.07, 6.45) is -1.24. The third-order valence-corrected chi connectivity index (χ3v) is 4.65.